The minimum atomic E-state index is -1.02. The van der Waals surface area contributed by atoms with Crippen LogP contribution in [0.4, 0.5) is 0 Å². The predicted molar refractivity (Wildman–Crippen MR) is 81.7 cm³/mol. The van der Waals surface area contributed by atoms with Gasteiger partial charge in [0.15, 0.2) is 0 Å². The molecule has 0 atom stereocenters. The van der Waals surface area contributed by atoms with Crippen LogP contribution in [0.2, 0.25) is 15.1 Å². The average Bonchev–Trinajstić information content (AvgIpc) is 2.68. The summed E-state index contributed by atoms with van der Waals surface area (Å²) in [6.07, 6.45) is -0.260. The molecule has 1 aromatic carbocycles. The van der Waals surface area contributed by atoms with Crippen molar-refractivity contribution in [3.63, 3.8) is 0 Å². The maximum Gasteiger partial charge on any atom is 0.309 e. The van der Waals surface area contributed by atoms with Gasteiger partial charge in [0.25, 0.3) is 0 Å². The molecule has 0 amide bonds. The fourth-order valence-electron chi connectivity index (χ4n) is 1.96. The quantitative estimate of drug-likeness (QED) is 0.856. The predicted octanol–water partition coefficient (Wildman–Crippen LogP) is 3.84. The molecular weight excluding hydrogens is 337 g/mol. The monoisotopic (exact) mass is 345 g/mol. The zero-order valence-corrected chi connectivity index (χ0v) is 13.1. The Morgan fingerprint density at radius 2 is 1.76 bits per heavy atom. The molecule has 0 saturated carbocycles. The van der Waals surface area contributed by atoms with Crippen LogP contribution in [0.25, 0.3) is 0 Å². The first-order valence-electron chi connectivity index (χ1n) is 5.87. The normalized spacial score (nSPS) is 10.7. The third-order valence-electron chi connectivity index (χ3n) is 3.04. The molecule has 0 aliphatic carbocycles. The SMILES string of the molecule is Cn1c(C(=O)c2ccc(Cl)c(Cl)c2)cc(Cl)c1CC(=O)O. The number of carbonyl (C=O) groups is 2. The smallest absolute Gasteiger partial charge is 0.309 e. The van der Waals surface area contributed by atoms with Gasteiger partial charge in [0.1, 0.15) is 0 Å². The molecule has 21 heavy (non-hydrogen) atoms. The van der Waals surface area contributed by atoms with Crippen molar-refractivity contribution in [1.29, 1.82) is 0 Å². The van der Waals surface area contributed by atoms with E-state index in [0.29, 0.717) is 16.3 Å². The summed E-state index contributed by atoms with van der Waals surface area (Å²) in [4.78, 5) is 23.3. The van der Waals surface area contributed by atoms with Crippen LogP contribution in [-0.4, -0.2) is 21.4 Å². The summed E-state index contributed by atoms with van der Waals surface area (Å²) < 4.78 is 1.47. The van der Waals surface area contributed by atoms with E-state index in [9.17, 15) is 9.59 Å². The topological polar surface area (TPSA) is 59.3 Å². The molecule has 1 N–H and O–H groups in total. The van der Waals surface area contributed by atoms with Crippen molar-refractivity contribution in [2.75, 3.05) is 0 Å². The van der Waals surface area contributed by atoms with Gasteiger partial charge in [-0.3, -0.25) is 9.59 Å². The van der Waals surface area contributed by atoms with Gasteiger partial charge in [-0.15, -0.1) is 0 Å². The van der Waals surface area contributed by atoms with Gasteiger partial charge in [0, 0.05) is 18.3 Å². The van der Waals surface area contributed by atoms with Crippen molar-refractivity contribution < 1.29 is 14.7 Å². The molecule has 110 valence electrons. The lowest BCUT2D eigenvalue weighted by molar-refractivity contribution is -0.136. The van der Waals surface area contributed by atoms with Gasteiger partial charge in [0.2, 0.25) is 5.78 Å². The number of aliphatic carboxylic acids is 1. The number of carboxylic acid groups (broad SMARTS) is 1. The second kappa shape index (κ2) is 6.10. The average molecular weight is 347 g/mol. The van der Waals surface area contributed by atoms with Gasteiger partial charge < -0.3 is 9.67 Å². The zero-order valence-electron chi connectivity index (χ0n) is 10.9. The van der Waals surface area contributed by atoms with Crippen molar-refractivity contribution >= 4 is 46.6 Å². The summed E-state index contributed by atoms with van der Waals surface area (Å²) in [6.45, 7) is 0. The first-order chi connectivity index (χ1) is 9.81. The largest absolute Gasteiger partial charge is 0.481 e. The van der Waals surface area contributed by atoms with Crippen molar-refractivity contribution in [3.05, 3.63) is 56.3 Å². The maximum atomic E-state index is 12.5. The third-order valence-corrected chi connectivity index (χ3v) is 4.10. The fraction of sp³-hybridized carbons (Fsp3) is 0.143. The number of nitrogens with zero attached hydrogens (tertiary/aromatic N) is 1. The van der Waals surface area contributed by atoms with E-state index in [1.807, 2.05) is 0 Å². The Morgan fingerprint density at radius 1 is 1.10 bits per heavy atom. The number of ketones is 1. The van der Waals surface area contributed by atoms with E-state index in [1.165, 1.54) is 22.8 Å². The van der Waals surface area contributed by atoms with E-state index in [0.717, 1.165) is 0 Å². The highest BCUT2D eigenvalue weighted by molar-refractivity contribution is 6.42. The van der Waals surface area contributed by atoms with Crippen molar-refractivity contribution in [3.8, 4) is 0 Å². The fourth-order valence-corrected chi connectivity index (χ4v) is 2.55. The standard InChI is InChI=1S/C14H10Cl3NO3/c1-18-11(6-13(19)20)10(17)5-12(18)14(21)7-2-3-8(15)9(16)4-7/h2-5H,6H2,1H3,(H,19,20). The van der Waals surface area contributed by atoms with Gasteiger partial charge in [-0.2, -0.15) is 0 Å². The highest BCUT2D eigenvalue weighted by atomic mass is 35.5. The highest BCUT2D eigenvalue weighted by Crippen LogP contribution is 2.26. The molecule has 0 aliphatic heterocycles. The second-order valence-corrected chi connectivity index (χ2v) is 5.63. The van der Waals surface area contributed by atoms with Crippen LogP contribution in [0.3, 0.4) is 0 Å². The number of halogens is 3. The molecule has 2 rings (SSSR count). The van der Waals surface area contributed by atoms with E-state index in [2.05, 4.69) is 0 Å². The van der Waals surface area contributed by atoms with Crippen LogP contribution in [0.15, 0.2) is 24.3 Å². The van der Waals surface area contributed by atoms with E-state index >= 15 is 0 Å². The van der Waals surface area contributed by atoms with Crippen LogP contribution in [0.5, 0.6) is 0 Å². The molecule has 0 aliphatic rings. The van der Waals surface area contributed by atoms with Crippen molar-refractivity contribution in [2.24, 2.45) is 7.05 Å². The molecule has 2 aromatic rings. The molecule has 0 fully saturated rings. The number of carbonyl (C=O) groups excluding carboxylic acids is 1. The number of rotatable bonds is 4. The van der Waals surface area contributed by atoms with E-state index in [4.69, 9.17) is 39.9 Å². The minimum absolute atomic E-state index is 0.239. The van der Waals surface area contributed by atoms with Crippen LogP contribution < -0.4 is 0 Å². The van der Waals surface area contributed by atoms with Crippen LogP contribution in [-0.2, 0) is 18.3 Å². The Morgan fingerprint density at radius 3 is 2.33 bits per heavy atom. The summed E-state index contributed by atoms with van der Waals surface area (Å²) >= 11 is 17.7. The number of aromatic nitrogens is 1. The van der Waals surface area contributed by atoms with Crippen molar-refractivity contribution in [2.45, 2.75) is 6.42 Å². The van der Waals surface area contributed by atoms with E-state index < -0.39 is 5.97 Å². The van der Waals surface area contributed by atoms with Crippen LogP contribution >= 0.6 is 34.8 Å². The molecular formula is C14H10Cl3NO3. The molecule has 0 saturated heterocycles. The van der Waals surface area contributed by atoms with Crippen LogP contribution in [0, 0.1) is 0 Å². The molecule has 1 aromatic heterocycles. The van der Waals surface area contributed by atoms with E-state index in [1.54, 1.807) is 13.1 Å². The van der Waals surface area contributed by atoms with Gasteiger partial charge in [-0.1, -0.05) is 34.8 Å². The van der Waals surface area contributed by atoms with Gasteiger partial charge in [0.05, 0.1) is 27.2 Å². The Bertz CT molecular complexity index is 737. The first kappa shape index (κ1) is 15.9. The summed E-state index contributed by atoms with van der Waals surface area (Å²) in [5.74, 6) is -1.33. The molecule has 0 radical (unpaired) electrons. The number of hydrogen-bond acceptors (Lipinski definition) is 2. The molecule has 0 spiro atoms. The maximum absolute atomic E-state index is 12.5. The summed E-state index contributed by atoms with van der Waals surface area (Å²) in [5, 5.41) is 9.72. The summed E-state index contributed by atoms with van der Waals surface area (Å²) in [5.41, 5.74) is 1.01. The molecule has 0 bridgehead atoms. The van der Waals surface area contributed by atoms with Gasteiger partial charge in [-0.25, -0.2) is 0 Å². The Labute approximate surface area is 135 Å². The number of hydrogen-bond donors (Lipinski definition) is 1. The first-order valence-corrected chi connectivity index (χ1v) is 7.00. The zero-order chi connectivity index (χ0) is 15.7. The van der Waals surface area contributed by atoms with Crippen molar-refractivity contribution in [1.82, 2.24) is 4.57 Å². The van der Waals surface area contributed by atoms with Crippen LogP contribution in [0.1, 0.15) is 21.7 Å². The third kappa shape index (κ3) is 3.23. The lowest BCUT2D eigenvalue weighted by atomic mass is 10.1. The molecule has 1 heterocycles. The Hall–Kier alpha value is -1.49. The minimum Gasteiger partial charge on any atom is -0.481 e. The summed E-state index contributed by atoms with van der Waals surface area (Å²) in [7, 11) is 1.59. The van der Waals surface area contributed by atoms with E-state index in [-0.39, 0.29) is 27.9 Å². The van der Waals surface area contributed by atoms with Gasteiger partial charge >= 0.3 is 5.97 Å². The Kier molecular flexibility index (Phi) is 4.61. The summed E-state index contributed by atoms with van der Waals surface area (Å²) in [6, 6.07) is 5.99. The Balaban J connectivity index is 2.44. The highest BCUT2D eigenvalue weighted by Gasteiger charge is 2.20. The lowest BCUT2D eigenvalue weighted by Gasteiger charge is -2.06. The molecule has 0 unspecified atom stereocenters. The van der Waals surface area contributed by atoms with Gasteiger partial charge in [-0.05, 0) is 24.3 Å². The number of carboxylic acids is 1. The molecule has 7 heteroatoms. The second-order valence-electron chi connectivity index (χ2n) is 4.41. The molecule has 4 nitrogen and oxygen atoms in total. The lowest BCUT2D eigenvalue weighted by Crippen LogP contribution is -2.11. The number of benzene rings is 1.